The second kappa shape index (κ2) is 9.26. The normalized spacial score (nSPS) is 10.3. The second-order valence-corrected chi connectivity index (χ2v) is 5.14. The van der Waals surface area contributed by atoms with Gasteiger partial charge in [-0.1, -0.05) is 12.1 Å². The van der Waals surface area contributed by atoms with Crippen LogP contribution >= 0.6 is 0 Å². The molecular weight excluding hydrogens is 382 g/mol. The highest BCUT2D eigenvalue weighted by molar-refractivity contribution is 5.97. The van der Waals surface area contributed by atoms with Gasteiger partial charge in [-0.3, -0.25) is 14.9 Å². The van der Waals surface area contributed by atoms with Gasteiger partial charge in [0.1, 0.15) is 17.1 Å². The van der Waals surface area contributed by atoms with Crippen LogP contribution in [0.5, 0.6) is 11.5 Å². The maximum Gasteiger partial charge on any atom is 0.387 e. The number of esters is 1. The minimum absolute atomic E-state index is 0.0320. The van der Waals surface area contributed by atoms with E-state index in [2.05, 4.69) is 10.1 Å². The summed E-state index contributed by atoms with van der Waals surface area (Å²) in [6.45, 7) is -3.87. The zero-order valence-corrected chi connectivity index (χ0v) is 14.4. The smallest absolute Gasteiger partial charge is 0.387 e. The molecule has 1 N–H and O–H groups in total. The lowest BCUT2D eigenvalue weighted by molar-refractivity contribution is -0.384. The molecule has 1 amide bonds. The highest BCUT2D eigenvalue weighted by Crippen LogP contribution is 2.29. The predicted octanol–water partition coefficient (Wildman–Crippen LogP) is 3.00. The Morgan fingerprint density at radius 2 is 1.89 bits per heavy atom. The minimum atomic E-state index is -3.13. The lowest BCUT2D eigenvalue weighted by Gasteiger charge is -2.12. The van der Waals surface area contributed by atoms with Gasteiger partial charge in [-0.15, -0.1) is 0 Å². The van der Waals surface area contributed by atoms with E-state index in [1.807, 2.05) is 0 Å². The first-order chi connectivity index (χ1) is 13.3. The Hall–Kier alpha value is -3.76. The maximum atomic E-state index is 12.4. The molecule has 148 valence electrons. The van der Waals surface area contributed by atoms with Gasteiger partial charge < -0.3 is 19.5 Å². The van der Waals surface area contributed by atoms with E-state index >= 15 is 0 Å². The molecule has 0 radical (unpaired) electrons. The number of nitro groups is 1. The van der Waals surface area contributed by atoms with Gasteiger partial charge in [0.25, 0.3) is 11.6 Å². The topological polar surface area (TPSA) is 117 Å². The van der Waals surface area contributed by atoms with Crippen molar-refractivity contribution in [2.75, 3.05) is 19.0 Å². The number of alkyl halides is 2. The number of nitrogens with one attached hydrogen (secondary N) is 1. The average Bonchev–Trinajstić information content (AvgIpc) is 2.66. The molecule has 0 saturated heterocycles. The monoisotopic (exact) mass is 396 g/mol. The Labute approximate surface area is 157 Å². The first-order valence-corrected chi connectivity index (χ1v) is 7.65. The summed E-state index contributed by atoms with van der Waals surface area (Å²) in [6.07, 6.45) is 0. The van der Waals surface area contributed by atoms with Crippen LogP contribution in [0.3, 0.4) is 0 Å². The van der Waals surface area contributed by atoms with Crippen LogP contribution in [0.2, 0.25) is 0 Å². The molecule has 0 aromatic heterocycles. The SMILES string of the molecule is COc1cc([N+](=O)[O-])ccc1NC(=O)COC(=O)c1ccccc1OC(F)F. The molecule has 2 aromatic carbocycles. The minimum Gasteiger partial charge on any atom is -0.494 e. The summed E-state index contributed by atoms with van der Waals surface area (Å²) >= 11 is 0. The van der Waals surface area contributed by atoms with E-state index in [1.54, 1.807) is 0 Å². The lowest BCUT2D eigenvalue weighted by Crippen LogP contribution is -2.21. The third-order valence-corrected chi connectivity index (χ3v) is 3.33. The highest BCUT2D eigenvalue weighted by atomic mass is 19.3. The van der Waals surface area contributed by atoms with Crippen LogP contribution in [0, 0.1) is 10.1 Å². The standard InChI is InChI=1S/C17H14F2N2O7/c1-26-14-8-10(21(24)25)6-7-12(14)20-15(22)9-27-16(23)11-4-2-3-5-13(11)28-17(18)19/h2-8,17H,9H2,1H3,(H,20,22). The first-order valence-electron chi connectivity index (χ1n) is 7.65. The number of methoxy groups -OCH3 is 1. The van der Waals surface area contributed by atoms with Crippen molar-refractivity contribution in [1.29, 1.82) is 0 Å². The predicted molar refractivity (Wildman–Crippen MR) is 91.6 cm³/mol. The summed E-state index contributed by atoms with van der Waals surface area (Å²) in [7, 11) is 1.26. The average molecular weight is 396 g/mol. The Kier molecular flexibility index (Phi) is 6.79. The number of rotatable bonds is 8. The highest BCUT2D eigenvalue weighted by Gasteiger charge is 2.18. The molecule has 0 aliphatic rings. The van der Waals surface area contributed by atoms with Crippen LogP contribution in [-0.4, -0.2) is 37.1 Å². The molecule has 0 unspecified atom stereocenters. The number of carbonyl (C=O) groups excluding carboxylic acids is 2. The number of carbonyl (C=O) groups is 2. The van der Waals surface area contributed by atoms with Gasteiger partial charge in [0.15, 0.2) is 6.61 Å². The van der Waals surface area contributed by atoms with Gasteiger partial charge in [-0.05, 0) is 18.2 Å². The number of para-hydroxylation sites is 1. The molecule has 0 atom stereocenters. The molecule has 2 rings (SSSR count). The third-order valence-electron chi connectivity index (χ3n) is 3.33. The van der Waals surface area contributed by atoms with Crippen LogP contribution in [0.25, 0.3) is 0 Å². The lowest BCUT2D eigenvalue weighted by atomic mass is 10.2. The van der Waals surface area contributed by atoms with E-state index in [0.29, 0.717) is 0 Å². The fourth-order valence-electron chi connectivity index (χ4n) is 2.13. The summed E-state index contributed by atoms with van der Waals surface area (Å²) in [5.41, 5.74) is -0.393. The Morgan fingerprint density at radius 1 is 1.18 bits per heavy atom. The van der Waals surface area contributed by atoms with E-state index in [-0.39, 0.29) is 28.4 Å². The van der Waals surface area contributed by atoms with Crippen LogP contribution < -0.4 is 14.8 Å². The summed E-state index contributed by atoms with van der Waals surface area (Å²) in [6, 6.07) is 8.69. The van der Waals surface area contributed by atoms with Gasteiger partial charge >= 0.3 is 12.6 Å². The maximum absolute atomic E-state index is 12.4. The third kappa shape index (κ3) is 5.37. The van der Waals surface area contributed by atoms with Gasteiger partial charge in [0.05, 0.1) is 23.8 Å². The number of anilines is 1. The number of halogens is 2. The molecule has 0 saturated carbocycles. The van der Waals surface area contributed by atoms with Crippen molar-refractivity contribution in [1.82, 2.24) is 0 Å². The largest absolute Gasteiger partial charge is 0.494 e. The number of hydrogen-bond donors (Lipinski definition) is 1. The van der Waals surface area contributed by atoms with Crippen molar-refractivity contribution in [2.24, 2.45) is 0 Å². The Bertz CT molecular complexity index is 890. The summed E-state index contributed by atoms with van der Waals surface area (Å²) in [5.74, 6) is -2.17. The van der Waals surface area contributed by atoms with Crippen molar-refractivity contribution in [3.05, 3.63) is 58.1 Å². The molecule has 0 heterocycles. The van der Waals surface area contributed by atoms with Crippen molar-refractivity contribution in [3.8, 4) is 11.5 Å². The fourth-order valence-corrected chi connectivity index (χ4v) is 2.13. The van der Waals surface area contributed by atoms with Crippen molar-refractivity contribution in [2.45, 2.75) is 6.61 Å². The van der Waals surface area contributed by atoms with Crippen LogP contribution in [0.1, 0.15) is 10.4 Å². The zero-order valence-electron chi connectivity index (χ0n) is 14.4. The van der Waals surface area contributed by atoms with E-state index in [9.17, 15) is 28.5 Å². The van der Waals surface area contributed by atoms with Gasteiger partial charge in [-0.25, -0.2) is 4.79 Å². The summed E-state index contributed by atoms with van der Waals surface area (Å²) < 4.78 is 38.7. The summed E-state index contributed by atoms with van der Waals surface area (Å²) in [5, 5.41) is 13.1. The molecule has 9 nitrogen and oxygen atoms in total. The van der Waals surface area contributed by atoms with E-state index in [0.717, 1.165) is 18.2 Å². The van der Waals surface area contributed by atoms with Crippen LogP contribution in [-0.2, 0) is 9.53 Å². The fraction of sp³-hybridized carbons (Fsp3) is 0.176. The summed E-state index contributed by atoms with van der Waals surface area (Å²) in [4.78, 5) is 34.1. The van der Waals surface area contributed by atoms with Gasteiger partial charge in [0, 0.05) is 6.07 Å². The van der Waals surface area contributed by atoms with E-state index in [4.69, 9.17) is 9.47 Å². The number of non-ortho nitro benzene ring substituents is 1. The van der Waals surface area contributed by atoms with Gasteiger partial charge in [0.2, 0.25) is 0 Å². The molecule has 0 aliphatic heterocycles. The number of nitrogens with zero attached hydrogens (tertiary/aromatic N) is 1. The van der Waals surface area contributed by atoms with Crippen molar-refractivity contribution < 1.29 is 37.5 Å². The molecule has 0 fully saturated rings. The van der Waals surface area contributed by atoms with Crippen LogP contribution in [0.15, 0.2) is 42.5 Å². The van der Waals surface area contributed by atoms with Crippen LogP contribution in [0.4, 0.5) is 20.2 Å². The van der Waals surface area contributed by atoms with Crippen molar-refractivity contribution >= 4 is 23.3 Å². The van der Waals surface area contributed by atoms with E-state index < -0.39 is 30.0 Å². The number of ether oxygens (including phenoxy) is 3. The number of benzene rings is 2. The number of hydrogen-bond acceptors (Lipinski definition) is 7. The second-order valence-electron chi connectivity index (χ2n) is 5.14. The number of amides is 1. The zero-order chi connectivity index (χ0) is 20.7. The molecule has 0 spiro atoms. The number of nitro benzene ring substituents is 1. The van der Waals surface area contributed by atoms with Crippen molar-refractivity contribution in [3.63, 3.8) is 0 Å². The Morgan fingerprint density at radius 3 is 2.54 bits per heavy atom. The molecule has 28 heavy (non-hydrogen) atoms. The molecular formula is C17H14F2N2O7. The molecule has 11 heteroatoms. The molecule has 2 aromatic rings. The molecule has 0 bridgehead atoms. The quantitative estimate of drug-likeness (QED) is 0.414. The first kappa shape index (κ1) is 20.6. The molecule has 0 aliphatic carbocycles. The Balaban J connectivity index is 2.01. The van der Waals surface area contributed by atoms with E-state index in [1.165, 1.54) is 31.4 Å². The van der Waals surface area contributed by atoms with Gasteiger partial charge in [-0.2, -0.15) is 8.78 Å².